The Bertz CT molecular complexity index is 1470. The van der Waals surface area contributed by atoms with Crippen LogP contribution in [0.1, 0.15) is 106 Å². The molecule has 7 rings (SSSR count). The number of aliphatic hydroxyl groups is 7. The van der Waals surface area contributed by atoms with Crippen molar-refractivity contribution in [2.45, 2.75) is 174 Å². The van der Waals surface area contributed by atoms with Gasteiger partial charge in [0.2, 0.25) is 0 Å². The predicted molar refractivity (Wildman–Crippen MR) is 193 cm³/mol. The second kappa shape index (κ2) is 13.7. The van der Waals surface area contributed by atoms with Gasteiger partial charge in [0.1, 0.15) is 48.1 Å². The number of allylic oxidation sites excluding steroid dienone is 2. The van der Waals surface area contributed by atoms with Crippen LogP contribution < -0.4 is 0 Å². The van der Waals surface area contributed by atoms with Crippen LogP contribution >= 0.6 is 0 Å². The molecule has 2 saturated heterocycles. The van der Waals surface area contributed by atoms with E-state index in [0.29, 0.717) is 19.3 Å². The van der Waals surface area contributed by atoms with Gasteiger partial charge in [-0.1, -0.05) is 60.1 Å². The van der Waals surface area contributed by atoms with E-state index in [4.69, 9.17) is 18.9 Å². The Morgan fingerprint density at radius 2 is 1.48 bits per heavy atom. The number of aliphatic carboxylic acids is 1. The van der Waals surface area contributed by atoms with Crippen molar-refractivity contribution in [1.82, 2.24) is 0 Å². The molecule has 0 aromatic heterocycles. The molecule has 6 fully saturated rings. The van der Waals surface area contributed by atoms with E-state index in [1.807, 2.05) is 0 Å². The summed E-state index contributed by atoms with van der Waals surface area (Å²) in [5, 5.41) is 85.4. The average Bonchev–Trinajstić information content (AvgIpc) is 3.08. The van der Waals surface area contributed by atoms with Gasteiger partial charge in [-0.15, -0.1) is 0 Å². The van der Waals surface area contributed by atoms with Crippen LogP contribution in [-0.4, -0.2) is 128 Å². The molecule has 308 valence electrons. The van der Waals surface area contributed by atoms with Crippen molar-refractivity contribution in [3.63, 3.8) is 0 Å². The molecule has 2 heterocycles. The highest BCUT2D eigenvalue weighted by atomic mass is 16.7. The second-order valence-corrected chi connectivity index (χ2v) is 20.4. The summed E-state index contributed by atoms with van der Waals surface area (Å²) in [6.45, 7) is 15.4. The number of ether oxygens (including phenoxy) is 4. The van der Waals surface area contributed by atoms with Crippen LogP contribution in [0.3, 0.4) is 0 Å². The molecular formula is C41H66O13. The van der Waals surface area contributed by atoms with Gasteiger partial charge < -0.3 is 59.8 Å². The van der Waals surface area contributed by atoms with E-state index in [9.17, 15) is 45.6 Å². The minimum absolute atomic E-state index is 0.0105. The van der Waals surface area contributed by atoms with Gasteiger partial charge in [0.15, 0.2) is 12.6 Å². The maximum Gasteiger partial charge on any atom is 0.312 e. The SMILES string of the molecule is CC1(C)CC[C@]2(C(=O)O)[C@H](O)C[C@]3(C)C(=CC[C@@H]4[C@@]5(C)CC[C@H](O[C@@H]6O[C@H](CO[C@@H]7OC[C@H](O)[C@H](O)[C@H]7O)[C@@H](O)[C@H](O)[C@H]6O)C(C)(C)[C@@H]5CC[C@]43C)[C@H]2C1. The molecule has 18 atom stereocenters. The molecule has 4 saturated carbocycles. The number of carbonyl (C=O) groups is 1. The van der Waals surface area contributed by atoms with Crippen molar-refractivity contribution in [3.05, 3.63) is 11.6 Å². The molecule has 8 N–H and O–H groups in total. The normalized spacial score (nSPS) is 53.9. The zero-order valence-corrected chi connectivity index (χ0v) is 33.1. The Morgan fingerprint density at radius 3 is 2.17 bits per heavy atom. The third-order valence-electron chi connectivity index (χ3n) is 16.9. The first-order chi connectivity index (χ1) is 25.0. The van der Waals surface area contributed by atoms with Gasteiger partial charge in [0, 0.05) is 0 Å². The summed E-state index contributed by atoms with van der Waals surface area (Å²) in [7, 11) is 0. The van der Waals surface area contributed by atoms with E-state index < -0.39 is 72.8 Å². The Labute approximate surface area is 319 Å². The van der Waals surface area contributed by atoms with E-state index in [2.05, 4.69) is 54.5 Å². The number of carboxylic acids is 1. The first-order valence-electron chi connectivity index (χ1n) is 20.3. The van der Waals surface area contributed by atoms with Crippen LogP contribution in [0.15, 0.2) is 11.6 Å². The lowest BCUT2D eigenvalue weighted by Crippen LogP contribution is -2.68. The van der Waals surface area contributed by atoms with Crippen molar-refractivity contribution in [2.24, 2.45) is 50.2 Å². The molecule has 0 aromatic carbocycles. The van der Waals surface area contributed by atoms with Crippen LogP contribution in [0, 0.1) is 50.2 Å². The molecule has 0 aromatic rings. The molecular weight excluding hydrogens is 700 g/mol. The number of fused-ring (bicyclic) bond motifs is 7. The fraction of sp³-hybridized carbons (Fsp3) is 0.927. The maximum atomic E-state index is 13.1. The van der Waals surface area contributed by atoms with Crippen molar-refractivity contribution < 1.29 is 64.6 Å². The van der Waals surface area contributed by atoms with Gasteiger partial charge in [-0.25, -0.2) is 0 Å². The van der Waals surface area contributed by atoms with Crippen molar-refractivity contribution in [3.8, 4) is 0 Å². The molecule has 0 radical (unpaired) electrons. The topological polar surface area (TPSA) is 216 Å². The third-order valence-corrected chi connectivity index (χ3v) is 16.9. The fourth-order valence-electron chi connectivity index (χ4n) is 13.4. The monoisotopic (exact) mass is 766 g/mol. The third kappa shape index (κ3) is 5.92. The Morgan fingerprint density at radius 1 is 0.796 bits per heavy atom. The van der Waals surface area contributed by atoms with Gasteiger partial charge in [-0.3, -0.25) is 4.79 Å². The Kier molecular flexibility index (Phi) is 10.4. The summed E-state index contributed by atoms with van der Waals surface area (Å²) in [5.74, 6) is -0.568. The molecule has 13 heteroatoms. The van der Waals surface area contributed by atoms with Gasteiger partial charge in [0.05, 0.1) is 25.4 Å². The van der Waals surface area contributed by atoms with E-state index in [-0.39, 0.29) is 64.1 Å². The van der Waals surface area contributed by atoms with Gasteiger partial charge >= 0.3 is 5.97 Å². The van der Waals surface area contributed by atoms with Crippen LogP contribution in [-0.2, 0) is 23.7 Å². The highest BCUT2D eigenvalue weighted by molar-refractivity contribution is 5.77. The highest BCUT2D eigenvalue weighted by Crippen LogP contribution is 2.76. The lowest BCUT2D eigenvalue weighted by Gasteiger charge is -2.71. The standard InChI is InChI=1S/C41H66O13/c1-36(2)14-15-41(35(49)50)21(16-36)20-8-9-25-38(5)12-11-27(37(3,4)24(38)10-13-39(25,6)40(20,7)17-26(41)43)54-34-32(48)30(46)29(45)23(53-34)19-52-33-31(47)28(44)22(42)18-51-33/h8,21-34,42-48H,9-19H2,1-7H3,(H,49,50)/t21-,22+,23-,24+,25-,26-,27+,28+,29-,30+,31-,32-,33+,34+,38+,39-,40-,41-/m1/s1. The number of hydrogen-bond donors (Lipinski definition) is 8. The lowest BCUT2D eigenvalue weighted by molar-refractivity contribution is -0.340. The minimum atomic E-state index is -1.60. The summed E-state index contributed by atoms with van der Waals surface area (Å²) in [6, 6.07) is 0. The molecule has 0 amide bonds. The largest absolute Gasteiger partial charge is 0.481 e. The maximum absolute atomic E-state index is 13.1. The Balaban J connectivity index is 1.10. The lowest BCUT2D eigenvalue weighted by atomic mass is 9.33. The van der Waals surface area contributed by atoms with Gasteiger partial charge in [-0.05, 0) is 103 Å². The average molecular weight is 767 g/mol. The van der Waals surface area contributed by atoms with Crippen LogP contribution in [0.5, 0.6) is 0 Å². The zero-order chi connectivity index (χ0) is 39.6. The van der Waals surface area contributed by atoms with Crippen LogP contribution in [0.2, 0.25) is 0 Å². The summed E-state index contributed by atoms with van der Waals surface area (Å²) < 4.78 is 23.6. The highest BCUT2D eigenvalue weighted by Gasteiger charge is 2.71. The number of hydrogen-bond acceptors (Lipinski definition) is 12. The van der Waals surface area contributed by atoms with Crippen LogP contribution in [0.25, 0.3) is 0 Å². The Hall–Kier alpha value is -1.23. The summed E-state index contributed by atoms with van der Waals surface area (Å²) in [5.41, 5.74) is -0.924. The summed E-state index contributed by atoms with van der Waals surface area (Å²) in [6.07, 6.45) is -4.94. The first-order valence-corrected chi connectivity index (χ1v) is 20.3. The molecule has 0 unspecified atom stereocenters. The predicted octanol–water partition coefficient (Wildman–Crippen LogP) is 2.49. The quantitative estimate of drug-likeness (QED) is 0.144. The van der Waals surface area contributed by atoms with E-state index >= 15 is 0 Å². The molecule has 13 nitrogen and oxygen atoms in total. The molecule has 54 heavy (non-hydrogen) atoms. The van der Waals surface area contributed by atoms with Crippen LogP contribution in [0.4, 0.5) is 0 Å². The number of rotatable bonds is 6. The second-order valence-electron chi connectivity index (χ2n) is 20.4. The van der Waals surface area contributed by atoms with Crippen molar-refractivity contribution in [2.75, 3.05) is 13.2 Å². The van der Waals surface area contributed by atoms with Gasteiger partial charge in [0.25, 0.3) is 0 Å². The molecule has 0 bridgehead atoms. The molecule has 5 aliphatic carbocycles. The van der Waals surface area contributed by atoms with E-state index in [1.165, 1.54) is 5.57 Å². The number of carboxylic acid groups (broad SMARTS) is 1. The minimum Gasteiger partial charge on any atom is -0.481 e. The van der Waals surface area contributed by atoms with E-state index in [0.717, 1.165) is 38.5 Å². The molecule has 0 spiro atoms. The van der Waals surface area contributed by atoms with Crippen molar-refractivity contribution in [1.29, 1.82) is 0 Å². The first kappa shape index (κ1) is 40.9. The summed E-state index contributed by atoms with van der Waals surface area (Å²) in [4.78, 5) is 13.1. The molecule has 2 aliphatic heterocycles. The number of aliphatic hydroxyl groups excluding tert-OH is 7. The van der Waals surface area contributed by atoms with E-state index in [1.54, 1.807) is 0 Å². The zero-order valence-electron chi connectivity index (χ0n) is 33.1. The van der Waals surface area contributed by atoms with Gasteiger partial charge in [-0.2, -0.15) is 0 Å². The summed E-state index contributed by atoms with van der Waals surface area (Å²) >= 11 is 0. The van der Waals surface area contributed by atoms with Crippen molar-refractivity contribution >= 4 is 5.97 Å². The molecule has 7 aliphatic rings. The fourth-order valence-corrected chi connectivity index (χ4v) is 13.4. The smallest absolute Gasteiger partial charge is 0.312 e.